The fraction of sp³-hybridized carbons (Fsp3) is 0. The van der Waals surface area contributed by atoms with Crippen LogP contribution in [0.1, 0.15) is 0 Å². The minimum atomic E-state index is -4.84. The van der Waals surface area contributed by atoms with Crippen molar-refractivity contribution in [1.29, 1.82) is 0 Å². The Kier molecular flexibility index (Phi) is 6.00. The van der Waals surface area contributed by atoms with Crippen LogP contribution in [-0.4, -0.2) is 6.98 Å². The Bertz CT molecular complexity index is 263. The largest absolute Gasteiger partial charge is 1.00 e. The number of hydrogen-bond donors (Lipinski definition) is 0. The van der Waals surface area contributed by atoms with Gasteiger partial charge in [-0.2, -0.15) is 0 Å². The van der Waals surface area contributed by atoms with Crippen molar-refractivity contribution in [3.63, 3.8) is 0 Å². The first-order valence-electron chi connectivity index (χ1n) is 2.96. The van der Waals surface area contributed by atoms with Crippen LogP contribution in [0.2, 0.25) is 0 Å². The first kappa shape index (κ1) is 13.4. The average Bonchev–Trinajstić information content (AvgIpc) is 1.86. The van der Waals surface area contributed by atoms with Crippen molar-refractivity contribution in [2.75, 3.05) is 0 Å². The zero-order valence-electron chi connectivity index (χ0n) is 6.40. The van der Waals surface area contributed by atoms with Gasteiger partial charge in [0.2, 0.25) is 0 Å². The molecule has 0 atom stereocenters. The minimum Gasteiger partial charge on any atom is -0.445 e. The van der Waals surface area contributed by atoms with E-state index in [-0.39, 0.29) is 55.0 Å². The van der Waals surface area contributed by atoms with Crippen molar-refractivity contribution in [2.24, 2.45) is 0 Å². The molecule has 0 fully saturated rings. The van der Waals surface area contributed by atoms with E-state index < -0.39 is 12.4 Å². The molecule has 0 aliphatic heterocycles. The van der Waals surface area contributed by atoms with Gasteiger partial charge in [-0.3, -0.25) is 0 Å². The maximum atomic E-state index is 12.1. The third kappa shape index (κ3) is 3.67. The van der Waals surface area contributed by atoms with Gasteiger partial charge in [-0.1, -0.05) is 29.7 Å². The van der Waals surface area contributed by atoms with Crippen molar-refractivity contribution in [1.82, 2.24) is 0 Å². The Morgan fingerprint density at radius 2 is 1.58 bits per heavy atom. The summed E-state index contributed by atoms with van der Waals surface area (Å²) in [6.07, 6.45) is 0. The molecular weight excluding hydrogens is 306 g/mol. The van der Waals surface area contributed by atoms with Gasteiger partial charge in [-0.05, 0) is 26.2 Å². The number of benzene rings is 1. The SMILES string of the molecule is F[B-](F)(F)c1ccccc1I.[K+]. The van der Waals surface area contributed by atoms with E-state index in [1.807, 2.05) is 0 Å². The molecule has 1 aromatic carbocycles. The van der Waals surface area contributed by atoms with E-state index in [1.165, 1.54) is 12.1 Å². The van der Waals surface area contributed by atoms with Crippen LogP contribution >= 0.6 is 22.6 Å². The molecule has 1 rings (SSSR count). The molecule has 0 aliphatic carbocycles. The van der Waals surface area contributed by atoms with E-state index in [0.717, 1.165) is 6.07 Å². The van der Waals surface area contributed by atoms with Crippen LogP contribution in [0, 0.1) is 3.57 Å². The van der Waals surface area contributed by atoms with E-state index in [4.69, 9.17) is 0 Å². The fourth-order valence-electron chi connectivity index (χ4n) is 0.741. The third-order valence-corrected chi connectivity index (χ3v) is 2.24. The zero-order chi connectivity index (χ0) is 8.48. The predicted molar refractivity (Wildman–Crippen MR) is 47.9 cm³/mol. The molecule has 0 amide bonds. The molecule has 1 aromatic rings. The molecule has 0 aromatic heterocycles. The molecule has 60 valence electrons. The molecule has 0 unspecified atom stereocenters. The predicted octanol–water partition coefficient (Wildman–Crippen LogP) is -0.650. The van der Waals surface area contributed by atoms with Gasteiger partial charge in [0.25, 0.3) is 0 Å². The van der Waals surface area contributed by atoms with Gasteiger partial charge in [0.05, 0.1) is 0 Å². The molecule has 0 saturated carbocycles. The third-order valence-electron chi connectivity index (χ3n) is 1.26. The Labute approximate surface area is 125 Å². The van der Waals surface area contributed by atoms with Crippen molar-refractivity contribution in [2.45, 2.75) is 0 Å². The van der Waals surface area contributed by atoms with Gasteiger partial charge in [0.15, 0.2) is 0 Å². The summed E-state index contributed by atoms with van der Waals surface area (Å²) in [6.45, 7) is -4.84. The zero-order valence-corrected chi connectivity index (χ0v) is 11.7. The van der Waals surface area contributed by atoms with Gasteiger partial charge in [-0.15, -0.1) is 0 Å². The number of rotatable bonds is 1. The minimum absolute atomic E-state index is 0. The second-order valence-corrected chi connectivity index (χ2v) is 3.26. The summed E-state index contributed by atoms with van der Waals surface area (Å²) in [6, 6.07) is 5.53. The number of halogens is 4. The average molecular weight is 310 g/mol. The molecule has 0 aliphatic rings. The summed E-state index contributed by atoms with van der Waals surface area (Å²) in [7, 11) is 0. The maximum absolute atomic E-state index is 12.1. The Morgan fingerprint density at radius 1 is 1.08 bits per heavy atom. The molecule has 0 N–H and O–H groups in total. The van der Waals surface area contributed by atoms with Crippen molar-refractivity contribution < 1.29 is 64.3 Å². The van der Waals surface area contributed by atoms with E-state index in [9.17, 15) is 12.9 Å². The van der Waals surface area contributed by atoms with E-state index in [0.29, 0.717) is 0 Å². The molecule has 0 saturated heterocycles. The molecular formula is C6H4BF3IK. The van der Waals surface area contributed by atoms with Crippen LogP contribution in [0.4, 0.5) is 12.9 Å². The Balaban J connectivity index is 0.00000121. The van der Waals surface area contributed by atoms with Crippen LogP contribution in [-0.2, 0) is 0 Å². The van der Waals surface area contributed by atoms with E-state index in [1.54, 1.807) is 28.7 Å². The molecule has 6 heteroatoms. The number of hydrogen-bond acceptors (Lipinski definition) is 0. The van der Waals surface area contributed by atoms with Crippen LogP contribution in [0.15, 0.2) is 24.3 Å². The molecule has 0 heterocycles. The van der Waals surface area contributed by atoms with Crippen LogP contribution in [0.3, 0.4) is 0 Å². The van der Waals surface area contributed by atoms with Crippen molar-refractivity contribution in [3.8, 4) is 0 Å². The van der Waals surface area contributed by atoms with E-state index in [2.05, 4.69) is 0 Å². The Morgan fingerprint density at radius 3 is 1.92 bits per heavy atom. The van der Waals surface area contributed by atoms with Crippen molar-refractivity contribution >= 4 is 35.0 Å². The quantitative estimate of drug-likeness (QED) is 0.478. The first-order chi connectivity index (χ1) is 5.02. The second-order valence-electron chi connectivity index (χ2n) is 2.10. The topological polar surface area (TPSA) is 0 Å². The molecule has 0 radical (unpaired) electrons. The normalized spacial score (nSPS) is 10.7. The van der Waals surface area contributed by atoms with Gasteiger partial charge in [-0.25, -0.2) is 0 Å². The molecule has 0 bridgehead atoms. The summed E-state index contributed by atoms with van der Waals surface area (Å²) in [5.74, 6) is 0. The van der Waals surface area contributed by atoms with Crippen LogP contribution in [0.25, 0.3) is 0 Å². The van der Waals surface area contributed by atoms with Crippen LogP contribution in [0.5, 0.6) is 0 Å². The second kappa shape index (κ2) is 5.35. The summed E-state index contributed by atoms with van der Waals surface area (Å²) in [4.78, 5) is 0. The van der Waals surface area contributed by atoms with Gasteiger partial charge in [0, 0.05) is 0 Å². The molecule has 12 heavy (non-hydrogen) atoms. The van der Waals surface area contributed by atoms with Crippen LogP contribution < -0.4 is 56.8 Å². The first-order valence-corrected chi connectivity index (χ1v) is 4.04. The van der Waals surface area contributed by atoms with Gasteiger partial charge in [0.1, 0.15) is 0 Å². The smallest absolute Gasteiger partial charge is 0.445 e. The summed E-state index contributed by atoms with van der Waals surface area (Å²) in [5, 5.41) is 0. The monoisotopic (exact) mass is 310 g/mol. The molecule has 0 nitrogen and oxygen atoms in total. The molecule has 0 spiro atoms. The Hall–Kier alpha value is 1.44. The summed E-state index contributed by atoms with van der Waals surface area (Å²) < 4.78 is 36.6. The summed E-state index contributed by atoms with van der Waals surface area (Å²) in [5.41, 5.74) is -0.506. The fourth-order valence-corrected chi connectivity index (χ4v) is 1.48. The maximum Gasteiger partial charge on any atom is 1.00 e. The summed E-state index contributed by atoms with van der Waals surface area (Å²) >= 11 is 1.68. The van der Waals surface area contributed by atoms with Crippen molar-refractivity contribution in [3.05, 3.63) is 27.8 Å². The van der Waals surface area contributed by atoms with E-state index >= 15 is 0 Å². The standard InChI is InChI=1S/C6H4BF3I.K/c8-7(9,10)5-3-1-2-4-6(5)11;/h1-4H;/q-1;+1. The van der Waals surface area contributed by atoms with Gasteiger partial charge >= 0.3 is 58.4 Å². The van der Waals surface area contributed by atoms with Gasteiger partial charge < -0.3 is 12.9 Å².